The van der Waals surface area contributed by atoms with Crippen molar-refractivity contribution in [3.8, 4) is 0 Å². The minimum Gasteiger partial charge on any atom is -0.472 e. The Morgan fingerprint density at radius 2 is 2.20 bits per heavy atom. The quantitative estimate of drug-likeness (QED) is 0.819. The standard InChI is InChI=1S/C11H10FNO2/c1-11(14,8-4-5-15-7-8)10-3-2-9(12)6-13-10/h2-7,14H,1H3. The molecule has 78 valence electrons. The molecule has 2 heterocycles. The molecule has 0 bridgehead atoms. The topological polar surface area (TPSA) is 46.3 Å². The van der Waals surface area contributed by atoms with E-state index in [1.54, 1.807) is 13.0 Å². The van der Waals surface area contributed by atoms with Gasteiger partial charge in [0.15, 0.2) is 0 Å². The first-order valence-electron chi connectivity index (χ1n) is 4.48. The van der Waals surface area contributed by atoms with Crippen LogP contribution in [0.5, 0.6) is 0 Å². The molecule has 1 atom stereocenters. The summed E-state index contributed by atoms with van der Waals surface area (Å²) in [7, 11) is 0. The van der Waals surface area contributed by atoms with Crippen LogP contribution < -0.4 is 0 Å². The van der Waals surface area contributed by atoms with Crippen molar-refractivity contribution >= 4 is 0 Å². The number of hydrogen-bond donors (Lipinski definition) is 1. The molecule has 0 amide bonds. The molecule has 1 unspecified atom stereocenters. The van der Waals surface area contributed by atoms with E-state index < -0.39 is 11.4 Å². The smallest absolute Gasteiger partial charge is 0.141 e. The zero-order valence-corrected chi connectivity index (χ0v) is 8.14. The van der Waals surface area contributed by atoms with E-state index in [1.807, 2.05) is 0 Å². The van der Waals surface area contributed by atoms with Crippen molar-refractivity contribution in [2.75, 3.05) is 0 Å². The molecule has 15 heavy (non-hydrogen) atoms. The molecule has 1 N–H and O–H groups in total. The van der Waals surface area contributed by atoms with Crippen LogP contribution in [-0.2, 0) is 5.60 Å². The Kier molecular flexibility index (Phi) is 2.28. The molecule has 0 aliphatic rings. The Labute approximate surface area is 86.2 Å². The Morgan fingerprint density at radius 1 is 1.40 bits per heavy atom. The summed E-state index contributed by atoms with van der Waals surface area (Å²) in [4.78, 5) is 3.84. The first-order valence-corrected chi connectivity index (χ1v) is 4.48. The highest BCUT2D eigenvalue weighted by molar-refractivity contribution is 5.27. The van der Waals surface area contributed by atoms with Crippen molar-refractivity contribution in [1.82, 2.24) is 4.98 Å². The van der Waals surface area contributed by atoms with Crippen LogP contribution in [0, 0.1) is 5.82 Å². The highest BCUT2D eigenvalue weighted by atomic mass is 19.1. The summed E-state index contributed by atoms with van der Waals surface area (Å²) in [5.41, 5.74) is -0.298. The van der Waals surface area contributed by atoms with Crippen LogP contribution in [0.4, 0.5) is 4.39 Å². The molecule has 0 saturated heterocycles. The molecule has 0 fully saturated rings. The molecule has 2 aromatic heterocycles. The van der Waals surface area contributed by atoms with Gasteiger partial charge in [-0.05, 0) is 25.1 Å². The Morgan fingerprint density at radius 3 is 2.73 bits per heavy atom. The molecule has 0 saturated carbocycles. The summed E-state index contributed by atoms with van der Waals surface area (Å²) >= 11 is 0. The van der Waals surface area contributed by atoms with Crippen LogP contribution in [0.25, 0.3) is 0 Å². The van der Waals surface area contributed by atoms with Gasteiger partial charge in [0, 0.05) is 5.56 Å². The fourth-order valence-electron chi connectivity index (χ4n) is 1.35. The third kappa shape index (κ3) is 1.76. The first-order chi connectivity index (χ1) is 7.10. The van der Waals surface area contributed by atoms with Crippen molar-refractivity contribution in [2.24, 2.45) is 0 Å². The van der Waals surface area contributed by atoms with Crippen LogP contribution in [0.3, 0.4) is 0 Å². The van der Waals surface area contributed by atoms with Crippen LogP contribution >= 0.6 is 0 Å². The second-order valence-corrected chi connectivity index (χ2v) is 3.45. The highest BCUT2D eigenvalue weighted by Crippen LogP contribution is 2.27. The van der Waals surface area contributed by atoms with Gasteiger partial charge in [-0.25, -0.2) is 4.39 Å². The lowest BCUT2D eigenvalue weighted by Crippen LogP contribution is -2.23. The molecule has 2 rings (SSSR count). The maximum Gasteiger partial charge on any atom is 0.141 e. The number of halogens is 1. The van der Waals surface area contributed by atoms with Crippen LogP contribution in [-0.4, -0.2) is 10.1 Å². The largest absolute Gasteiger partial charge is 0.472 e. The average Bonchev–Trinajstić information content (AvgIpc) is 2.71. The van der Waals surface area contributed by atoms with Gasteiger partial charge in [0.1, 0.15) is 11.4 Å². The summed E-state index contributed by atoms with van der Waals surface area (Å²) in [5, 5.41) is 10.2. The van der Waals surface area contributed by atoms with E-state index in [-0.39, 0.29) is 0 Å². The highest BCUT2D eigenvalue weighted by Gasteiger charge is 2.28. The van der Waals surface area contributed by atoms with E-state index >= 15 is 0 Å². The van der Waals surface area contributed by atoms with Gasteiger partial charge >= 0.3 is 0 Å². The van der Waals surface area contributed by atoms with Gasteiger partial charge in [0.25, 0.3) is 0 Å². The molecule has 4 heteroatoms. The molecular weight excluding hydrogens is 197 g/mol. The molecular formula is C11H10FNO2. The lowest BCUT2D eigenvalue weighted by atomic mass is 9.94. The molecule has 0 aromatic carbocycles. The zero-order valence-electron chi connectivity index (χ0n) is 8.14. The van der Waals surface area contributed by atoms with Crippen LogP contribution in [0.2, 0.25) is 0 Å². The molecule has 0 aliphatic heterocycles. The normalized spacial score (nSPS) is 14.9. The lowest BCUT2D eigenvalue weighted by Gasteiger charge is -2.20. The van der Waals surface area contributed by atoms with Gasteiger partial charge in [0.05, 0.1) is 24.4 Å². The summed E-state index contributed by atoms with van der Waals surface area (Å²) < 4.78 is 17.5. The number of furan rings is 1. The van der Waals surface area contributed by atoms with E-state index in [0.717, 1.165) is 6.20 Å². The van der Waals surface area contributed by atoms with E-state index in [0.29, 0.717) is 11.3 Å². The molecule has 0 aliphatic carbocycles. The van der Waals surface area contributed by atoms with Gasteiger partial charge in [-0.2, -0.15) is 0 Å². The Bertz CT molecular complexity index is 434. The van der Waals surface area contributed by atoms with Crippen molar-refractivity contribution < 1.29 is 13.9 Å². The van der Waals surface area contributed by atoms with E-state index in [1.165, 1.54) is 24.7 Å². The van der Waals surface area contributed by atoms with E-state index in [9.17, 15) is 9.50 Å². The maximum atomic E-state index is 12.7. The monoisotopic (exact) mass is 207 g/mol. The minimum absolute atomic E-state index is 0.380. The predicted molar refractivity (Wildman–Crippen MR) is 51.6 cm³/mol. The van der Waals surface area contributed by atoms with Gasteiger partial charge in [-0.1, -0.05) is 0 Å². The summed E-state index contributed by atoms with van der Waals surface area (Å²) in [5.74, 6) is -0.429. The fraction of sp³-hybridized carbons (Fsp3) is 0.182. The molecule has 3 nitrogen and oxygen atoms in total. The third-order valence-electron chi connectivity index (χ3n) is 2.31. The van der Waals surface area contributed by atoms with Gasteiger partial charge in [-0.15, -0.1) is 0 Å². The Hall–Kier alpha value is -1.68. The molecule has 0 radical (unpaired) electrons. The Balaban J connectivity index is 2.41. The zero-order chi connectivity index (χ0) is 10.9. The summed E-state index contributed by atoms with van der Waals surface area (Å²) in [6.07, 6.45) is 3.97. The van der Waals surface area contributed by atoms with Gasteiger partial charge < -0.3 is 9.52 Å². The van der Waals surface area contributed by atoms with Gasteiger partial charge in [-0.3, -0.25) is 4.98 Å². The first kappa shape index (κ1) is 9.86. The summed E-state index contributed by atoms with van der Waals surface area (Å²) in [6, 6.07) is 4.35. The second-order valence-electron chi connectivity index (χ2n) is 3.45. The molecule has 0 spiro atoms. The SMILES string of the molecule is CC(O)(c1ccoc1)c1ccc(F)cn1. The van der Waals surface area contributed by atoms with Crippen molar-refractivity contribution in [3.63, 3.8) is 0 Å². The number of pyridine rings is 1. The fourth-order valence-corrected chi connectivity index (χ4v) is 1.35. The van der Waals surface area contributed by atoms with Crippen LogP contribution in [0.15, 0.2) is 41.3 Å². The number of nitrogens with zero attached hydrogens (tertiary/aromatic N) is 1. The number of aliphatic hydroxyl groups is 1. The number of hydrogen-bond acceptors (Lipinski definition) is 3. The summed E-state index contributed by atoms with van der Waals surface area (Å²) in [6.45, 7) is 1.58. The maximum absolute atomic E-state index is 12.7. The predicted octanol–water partition coefficient (Wildman–Crippen LogP) is 2.07. The van der Waals surface area contributed by atoms with Crippen molar-refractivity contribution in [2.45, 2.75) is 12.5 Å². The van der Waals surface area contributed by atoms with E-state index in [4.69, 9.17) is 4.42 Å². The number of rotatable bonds is 2. The molecule has 2 aromatic rings. The third-order valence-corrected chi connectivity index (χ3v) is 2.31. The van der Waals surface area contributed by atoms with E-state index in [2.05, 4.69) is 4.98 Å². The van der Waals surface area contributed by atoms with Crippen LogP contribution in [0.1, 0.15) is 18.2 Å². The second kappa shape index (κ2) is 3.47. The van der Waals surface area contributed by atoms with Gasteiger partial charge in [0.2, 0.25) is 0 Å². The van der Waals surface area contributed by atoms with Crippen molar-refractivity contribution in [1.29, 1.82) is 0 Å². The number of aromatic nitrogens is 1. The average molecular weight is 207 g/mol. The minimum atomic E-state index is -1.26. The van der Waals surface area contributed by atoms with Crippen molar-refractivity contribution in [3.05, 3.63) is 54.0 Å². The lowest BCUT2D eigenvalue weighted by molar-refractivity contribution is 0.0965.